The lowest BCUT2D eigenvalue weighted by Crippen LogP contribution is -2.10. The number of hydrogen-bond acceptors (Lipinski definition) is 4. The molecule has 0 saturated heterocycles. The SMILES string of the molecule is Cn1cnc(NS(C)(=O)=O)n1. The number of aryl methyl sites for hydroxylation is 1. The zero-order valence-electron chi connectivity index (χ0n) is 6.14. The molecule has 0 radical (unpaired) electrons. The second kappa shape index (κ2) is 2.50. The molecule has 6 nitrogen and oxygen atoms in total. The van der Waals surface area contributed by atoms with Crippen molar-refractivity contribution in [3.05, 3.63) is 6.33 Å². The zero-order valence-corrected chi connectivity index (χ0v) is 6.96. The van der Waals surface area contributed by atoms with Gasteiger partial charge in [0.2, 0.25) is 10.0 Å². The van der Waals surface area contributed by atoms with Crippen LogP contribution >= 0.6 is 0 Å². The van der Waals surface area contributed by atoms with E-state index in [9.17, 15) is 8.42 Å². The molecule has 0 saturated carbocycles. The molecule has 1 aromatic heterocycles. The van der Waals surface area contributed by atoms with Gasteiger partial charge in [0.25, 0.3) is 5.95 Å². The van der Waals surface area contributed by atoms with E-state index in [-0.39, 0.29) is 5.95 Å². The summed E-state index contributed by atoms with van der Waals surface area (Å²) in [5.74, 6) is 0.0926. The minimum absolute atomic E-state index is 0.0926. The first-order valence-electron chi connectivity index (χ1n) is 2.81. The number of nitrogens with one attached hydrogen (secondary N) is 1. The predicted molar refractivity (Wildman–Crippen MR) is 39.5 cm³/mol. The fraction of sp³-hybridized carbons (Fsp3) is 0.500. The highest BCUT2D eigenvalue weighted by Gasteiger charge is 2.04. The van der Waals surface area contributed by atoms with Crippen LogP contribution in [0, 0.1) is 0 Å². The van der Waals surface area contributed by atoms with Crippen LogP contribution in [-0.4, -0.2) is 29.4 Å². The maximum Gasteiger partial charge on any atom is 0.255 e. The number of aromatic nitrogens is 3. The molecule has 0 atom stereocenters. The molecule has 0 fully saturated rings. The van der Waals surface area contributed by atoms with E-state index in [1.807, 2.05) is 0 Å². The summed E-state index contributed by atoms with van der Waals surface area (Å²) in [6.45, 7) is 0. The van der Waals surface area contributed by atoms with E-state index in [0.717, 1.165) is 6.26 Å². The van der Waals surface area contributed by atoms with Crippen LogP contribution in [0.4, 0.5) is 5.95 Å². The summed E-state index contributed by atoms with van der Waals surface area (Å²) in [4.78, 5) is 3.66. The molecule has 0 aromatic carbocycles. The monoisotopic (exact) mass is 176 g/mol. The Kier molecular flexibility index (Phi) is 1.81. The summed E-state index contributed by atoms with van der Waals surface area (Å²) in [5, 5.41) is 3.71. The van der Waals surface area contributed by atoms with Gasteiger partial charge in [-0.05, 0) is 0 Å². The van der Waals surface area contributed by atoms with Gasteiger partial charge in [-0.15, -0.1) is 5.10 Å². The van der Waals surface area contributed by atoms with Crippen LogP contribution in [0.3, 0.4) is 0 Å². The number of rotatable bonds is 2. The Morgan fingerprint density at radius 1 is 1.64 bits per heavy atom. The molecule has 0 aliphatic carbocycles. The topological polar surface area (TPSA) is 76.9 Å². The average molecular weight is 176 g/mol. The lowest BCUT2D eigenvalue weighted by molar-refractivity contribution is 0.606. The largest absolute Gasteiger partial charge is 0.255 e. The molecule has 0 aliphatic heterocycles. The van der Waals surface area contributed by atoms with Crippen LogP contribution in [0.2, 0.25) is 0 Å². The van der Waals surface area contributed by atoms with Gasteiger partial charge in [-0.25, -0.2) is 8.42 Å². The molecule has 1 heterocycles. The van der Waals surface area contributed by atoms with E-state index in [4.69, 9.17) is 0 Å². The molecule has 11 heavy (non-hydrogen) atoms. The van der Waals surface area contributed by atoms with Crippen molar-refractivity contribution in [3.63, 3.8) is 0 Å². The summed E-state index contributed by atoms with van der Waals surface area (Å²) in [6, 6.07) is 0. The molecule has 0 spiro atoms. The predicted octanol–water partition coefficient (Wildman–Crippen LogP) is -0.813. The molecule has 0 bridgehead atoms. The van der Waals surface area contributed by atoms with Gasteiger partial charge in [-0.2, -0.15) is 4.98 Å². The number of hydrogen-bond donors (Lipinski definition) is 1. The van der Waals surface area contributed by atoms with Crippen molar-refractivity contribution in [3.8, 4) is 0 Å². The Morgan fingerprint density at radius 2 is 2.27 bits per heavy atom. The first kappa shape index (κ1) is 7.99. The minimum atomic E-state index is -3.25. The Labute approximate surface area is 64.3 Å². The second-order valence-corrected chi connectivity index (χ2v) is 3.86. The zero-order chi connectivity index (χ0) is 8.48. The van der Waals surface area contributed by atoms with E-state index in [1.54, 1.807) is 7.05 Å². The Balaban J connectivity index is 2.81. The van der Waals surface area contributed by atoms with Gasteiger partial charge in [0, 0.05) is 7.05 Å². The molecule has 0 unspecified atom stereocenters. The molecule has 7 heteroatoms. The molecule has 62 valence electrons. The van der Waals surface area contributed by atoms with Gasteiger partial charge in [0.05, 0.1) is 6.26 Å². The fourth-order valence-electron chi connectivity index (χ4n) is 0.552. The van der Waals surface area contributed by atoms with Crippen LogP contribution < -0.4 is 4.72 Å². The highest BCUT2D eigenvalue weighted by atomic mass is 32.2. The van der Waals surface area contributed by atoms with E-state index < -0.39 is 10.0 Å². The van der Waals surface area contributed by atoms with Gasteiger partial charge in [0.1, 0.15) is 6.33 Å². The normalized spacial score (nSPS) is 11.5. The number of nitrogens with zero attached hydrogens (tertiary/aromatic N) is 3. The van der Waals surface area contributed by atoms with Crippen LogP contribution in [0.25, 0.3) is 0 Å². The Hall–Kier alpha value is -1.11. The molecule has 1 N–H and O–H groups in total. The minimum Gasteiger partial charge on any atom is -0.254 e. The standard InChI is InChI=1S/C4H8N4O2S/c1-8-3-5-4(6-8)7-11(2,9)10/h3H,1-2H3,(H,6,7). The molecule has 1 aromatic rings. The number of sulfonamides is 1. The smallest absolute Gasteiger partial charge is 0.254 e. The quantitative estimate of drug-likeness (QED) is 0.639. The van der Waals surface area contributed by atoms with E-state index in [2.05, 4.69) is 14.8 Å². The molecule has 0 aliphatic rings. The van der Waals surface area contributed by atoms with E-state index in [1.165, 1.54) is 11.0 Å². The fourth-order valence-corrected chi connectivity index (χ4v) is 0.977. The van der Waals surface area contributed by atoms with Gasteiger partial charge in [-0.3, -0.25) is 9.40 Å². The average Bonchev–Trinajstić information content (AvgIpc) is 2.10. The first-order chi connectivity index (χ1) is 4.97. The third kappa shape index (κ3) is 2.54. The molecule has 0 amide bonds. The lowest BCUT2D eigenvalue weighted by atomic mass is 11.1. The van der Waals surface area contributed by atoms with Crippen molar-refractivity contribution in [2.24, 2.45) is 7.05 Å². The third-order valence-corrected chi connectivity index (χ3v) is 1.43. The summed E-state index contributed by atoms with van der Waals surface area (Å²) >= 11 is 0. The van der Waals surface area contributed by atoms with Gasteiger partial charge in [0.15, 0.2) is 0 Å². The van der Waals surface area contributed by atoms with Crippen molar-refractivity contribution in [2.75, 3.05) is 11.0 Å². The van der Waals surface area contributed by atoms with Crippen molar-refractivity contribution >= 4 is 16.0 Å². The van der Waals surface area contributed by atoms with Gasteiger partial charge in [-0.1, -0.05) is 0 Å². The molecular formula is C4H8N4O2S. The van der Waals surface area contributed by atoms with Gasteiger partial charge < -0.3 is 0 Å². The highest BCUT2D eigenvalue weighted by molar-refractivity contribution is 7.91. The van der Waals surface area contributed by atoms with E-state index in [0.29, 0.717) is 0 Å². The molecule has 1 rings (SSSR count). The molecular weight excluding hydrogens is 168 g/mol. The van der Waals surface area contributed by atoms with Crippen molar-refractivity contribution in [2.45, 2.75) is 0 Å². The van der Waals surface area contributed by atoms with Crippen LogP contribution in [-0.2, 0) is 17.1 Å². The van der Waals surface area contributed by atoms with Crippen LogP contribution in [0.1, 0.15) is 0 Å². The summed E-state index contributed by atoms with van der Waals surface area (Å²) in [5.41, 5.74) is 0. The van der Waals surface area contributed by atoms with E-state index >= 15 is 0 Å². The first-order valence-corrected chi connectivity index (χ1v) is 4.70. The van der Waals surface area contributed by atoms with Crippen molar-refractivity contribution < 1.29 is 8.42 Å². The third-order valence-electron chi connectivity index (χ3n) is 0.876. The van der Waals surface area contributed by atoms with Crippen molar-refractivity contribution in [1.29, 1.82) is 0 Å². The summed E-state index contributed by atoms with van der Waals surface area (Å²) < 4.78 is 24.8. The highest BCUT2D eigenvalue weighted by Crippen LogP contribution is 1.96. The van der Waals surface area contributed by atoms with Crippen LogP contribution in [0.15, 0.2) is 6.33 Å². The van der Waals surface area contributed by atoms with Crippen molar-refractivity contribution in [1.82, 2.24) is 14.8 Å². The Morgan fingerprint density at radius 3 is 2.64 bits per heavy atom. The summed E-state index contributed by atoms with van der Waals surface area (Å²) in [7, 11) is -1.60. The number of anilines is 1. The Bertz CT molecular complexity index is 341. The second-order valence-electron chi connectivity index (χ2n) is 2.12. The summed E-state index contributed by atoms with van der Waals surface area (Å²) in [6.07, 6.45) is 2.46. The maximum atomic E-state index is 10.6. The van der Waals surface area contributed by atoms with Crippen LogP contribution in [0.5, 0.6) is 0 Å². The van der Waals surface area contributed by atoms with Gasteiger partial charge >= 0.3 is 0 Å². The lowest BCUT2D eigenvalue weighted by Gasteiger charge is -1.94. The maximum absolute atomic E-state index is 10.6.